The third kappa shape index (κ3) is 4.50. The number of carbonyl (C=O) groups excluding carboxylic acids is 2. The minimum absolute atomic E-state index is 0.108. The van der Waals surface area contributed by atoms with Gasteiger partial charge in [0.25, 0.3) is 11.8 Å². The average molecular weight is 473 g/mol. The molecular formula is C23H18F3N3O5. The van der Waals surface area contributed by atoms with Crippen molar-refractivity contribution < 1.29 is 32.6 Å². The van der Waals surface area contributed by atoms with Crippen LogP contribution >= 0.6 is 0 Å². The van der Waals surface area contributed by atoms with Crippen molar-refractivity contribution in [2.24, 2.45) is 0 Å². The summed E-state index contributed by atoms with van der Waals surface area (Å²) in [6.45, 7) is -0.968. The number of β-amino-alcohol motifs (C(OH)–C–C–N with tert-alkyl or cyclic N) is 1. The summed E-state index contributed by atoms with van der Waals surface area (Å²) in [6, 6.07) is 9.64. The molecule has 8 nitrogen and oxygen atoms in total. The molecule has 0 unspecified atom stereocenters. The van der Waals surface area contributed by atoms with E-state index in [4.69, 9.17) is 4.74 Å². The highest BCUT2D eigenvalue weighted by atomic mass is 19.1. The Balaban J connectivity index is 1.68. The molecule has 2 aromatic carbocycles. The first-order valence-corrected chi connectivity index (χ1v) is 10.1. The summed E-state index contributed by atoms with van der Waals surface area (Å²) in [7, 11) is 0. The van der Waals surface area contributed by atoms with Crippen molar-refractivity contribution in [2.75, 3.05) is 6.54 Å². The first-order valence-electron chi connectivity index (χ1n) is 10.1. The molecule has 1 aliphatic rings. The number of aromatic nitrogens is 1. The maximum absolute atomic E-state index is 13.9. The number of nitrogens with zero attached hydrogens (tertiary/aromatic N) is 1. The SMILES string of the molecule is O=C(NCc1c(F)cc(F)cc1F)c1cn2c(c(OCc3ccccc3)c1=O)C(=O)NC[C@@H]2O. The van der Waals surface area contributed by atoms with Crippen molar-refractivity contribution in [1.82, 2.24) is 15.2 Å². The van der Waals surface area contributed by atoms with Crippen LogP contribution in [0.15, 0.2) is 53.5 Å². The van der Waals surface area contributed by atoms with Crippen molar-refractivity contribution in [3.8, 4) is 5.75 Å². The number of fused-ring (bicyclic) bond motifs is 1. The highest BCUT2D eigenvalue weighted by Gasteiger charge is 2.31. The number of carbonyl (C=O) groups is 2. The Morgan fingerprint density at radius 3 is 2.50 bits per heavy atom. The number of nitrogens with one attached hydrogen (secondary N) is 2. The molecule has 0 aliphatic carbocycles. The zero-order valence-corrected chi connectivity index (χ0v) is 17.5. The standard InChI is InChI=1S/C23H18F3N3O5/c24-13-6-16(25)14(17(26)7-13)8-27-22(32)15-10-29-18(30)9-28-23(33)19(29)21(20(15)31)34-11-12-4-2-1-3-5-12/h1-7,10,18,30H,8-9,11H2,(H,27,32)(H,28,33)/t18-/m0/s1. The Morgan fingerprint density at radius 2 is 1.82 bits per heavy atom. The fourth-order valence-electron chi connectivity index (χ4n) is 3.46. The molecule has 4 rings (SSSR count). The van der Waals surface area contributed by atoms with Gasteiger partial charge in [-0.1, -0.05) is 30.3 Å². The molecule has 3 N–H and O–H groups in total. The monoisotopic (exact) mass is 473 g/mol. The number of aliphatic hydroxyl groups is 1. The summed E-state index contributed by atoms with van der Waals surface area (Å²) < 4.78 is 47.5. The zero-order valence-electron chi connectivity index (χ0n) is 17.5. The summed E-state index contributed by atoms with van der Waals surface area (Å²) in [5.74, 6) is -5.73. The van der Waals surface area contributed by atoms with E-state index in [0.717, 1.165) is 10.8 Å². The summed E-state index contributed by atoms with van der Waals surface area (Å²) in [6.07, 6.45) is -0.325. The van der Waals surface area contributed by atoms with Crippen molar-refractivity contribution in [1.29, 1.82) is 0 Å². The van der Waals surface area contributed by atoms with Crippen LogP contribution < -0.4 is 20.8 Å². The molecular weight excluding hydrogens is 455 g/mol. The highest BCUT2D eigenvalue weighted by molar-refractivity contribution is 5.99. The van der Waals surface area contributed by atoms with Crippen LogP contribution in [0, 0.1) is 17.5 Å². The van der Waals surface area contributed by atoms with E-state index in [1.807, 2.05) is 0 Å². The van der Waals surface area contributed by atoms with Gasteiger partial charge in [0, 0.05) is 30.4 Å². The number of pyridine rings is 1. The molecule has 2 amide bonds. The van der Waals surface area contributed by atoms with Gasteiger partial charge in [-0.3, -0.25) is 14.4 Å². The zero-order chi connectivity index (χ0) is 24.4. The number of rotatable bonds is 6. The molecule has 0 bridgehead atoms. The number of hydrogen-bond acceptors (Lipinski definition) is 5. The van der Waals surface area contributed by atoms with Crippen LogP contribution in [0.2, 0.25) is 0 Å². The Morgan fingerprint density at radius 1 is 1.15 bits per heavy atom. The second-order valence-electron chi connectivity index (χ2n) is 7.45. The van der Waals surface area contributed by atoms with Crippen LogP contribution in [-0.4, -0.2) is 28.0 Å². The third-order valence-electron chi connectivity index (χ3n) is 5.18. The van der Waals surface area contributed by atoms with E-state index in [1.165, 1.54) is 0 Å². The lowest BCUT2D eigenvalue weighted by atomic mass is 10.1. The largest absolute Gasteiger partial charge is 0.483 e. The molecule has 0 saturated heterocycles. The van der Waals surface area contributed by atoms with Crippen LogP contribution in [0.1, 0.15) is 38.2 Å². The number of benzene rings is 2. The predicted octanol–water partition coefficient (Wildman–Crippen LogP) is 2.01. The molecule has 11 heteroatoms. The van der Waals surface area contributed by atoms with E-state index in [1.54, 1.807) is 30.3 Å². The van der Waals surface area contributed by atoms with Gasteiger partial charge in [-0.05, 0) is 5.56 Å². The molecule has 1 aliphatic heterocycles. The van der Waals surface area contributed by atoms with E-state index >= 15 is 0 Å². The molecule has 34 heavy (non-hydrogen) atoms. The van der Waals surface area contributed by atoms with Crippen LogP contribution in [0.4, 0.5) is 13.2 Å². The van der Waals surface area contributed by atoms with E-state index in [2.05, 4.69) is 10.6 Å². The minimum atomic E-state index is -1.30. The molecule has 0 saturated carbocycles. The molecule has 3 aromatic rings. The van der Waals surface area contributed by atoms with E-state index in [-0.39, 0.29) is 18.8 Å². The van der Waals surface area contributed by atoms with Gasteiger partial charge >= 0.3 is 0 Å². The van der Waals surface area contributed by atoms with E-state index < -0.39 is 64.3 Å². The van der Waals surface area contributed by atoms with Crippen LogP contribution in [-0.2, 0) is 13.2 Å². The Hall–Kier alpha value is -4.12. The number of ether oxygens (including phenoxy) is 1. The summed E-state index contributed by atoms with van der Waals surface area (Å²) in [5.41, 5.74) is -1.68. The van der Waals surface area contributed by atoms with Gasteiger partial charge in [0.15, 0.2) is 11.4 Å². The van der Waals surface area contributed by atoms with Gasteiger partial charge in [0.05, 0.1) is 6.54 Å². The lowest BCUT2D eigenvalue weighted by molar-refractivity contribution is 0.0636. The quantitative estimate of drug-likeness (QED) is 0.508. The fourth-order valence-corrected chi connectivity index (χ4v) is 3.46. The lowest BCUT2D eigenvalue weighted by Crippen LogP contribution is -2.42. The predicted molar refractivity (Wildman–Crippen MR) is 113 cm³/mol. The minimum Gasteiger partial charge on any atom is -0.483 e. The Labute approximate surface area is 190 Å². The number of aliphatic hydroxyl groups excluding tert-OH is 1. The van der Waals surface area contributed by atoms with Gasteiger partial charge in [0.2, 0.25) is 5.43 Å². The molecule has 0 radical (unpaired) electrons. The van der Waals surface area contributed by atoms with Crippen molar-refractivity contribution in [3.05, 3.63) is 98.7 Å². The maximum atomic E-state index is 13.9. The number of halogens is 3. The third-order valence-corrected chi connectivity index (χ3v) is 5.18. The number of amides is 2. The van der Waals surface area contributed by atoms with E-state index in [0.29, 0.717) is 17.7 Å². The van der Waals surface area contributed by atoms with Crippen LogP contribution in [0.3, 0.4) is 0 Å². The summed E-state index contributed by atoms with van der Waals surface area (Å²) in [5, 5.41) is 14.9. The van der Waals surface area contributed by atoms with Crippen molar-refractivity contribution in [2.45, 2.75) is 19.4 Å². The number of hydrogen-bond donors (Lipinski definition) is 3. The van der Waals surface area contributed by atoms with Gasteiger partial charge in [-0.15, -0.1) is 0 Å². The first kappa shape index (κ1) is 23.1. The second kappa shape index (κ2) is 9.40. The summed E-state index contributed by atoms with van der Waals surface area (Å²) in [4.78, 5) is 38.3. The van der Waals surface area contributed by atoms with Crippen molar-refractivity contribution in [3.63, 3.8) is 0 Å². The summed E-state index contributed by atoms with van der Waals surface area (Å²) >= 11 is 0. The second-order valence-corrected chi connectivity index (χ2v) is 7.45. The first-order chi connectivity index (χ1) is 16.3. The van der Waals surface area contributed by atoms with Gasteiger partial charge in [-0.25, -0.2) is 13.2 Å². The average Bonchev–Trinajstić information content (AvgIpc) is 2.80. The molecule has 1 aromatic heterocycles. The topological polar surface area (TPSA) is 110 Å². The Bertz CT molecular complexity index is 1300. The molecule has 176 valence electrons. The molecule has 1 atom stereocenters. The van der Waals surface area contributed by atoms with Gasteiger partial charge < -0.3 is 25.0 Å². The van der Waals surface area contributed by atoms with Crippen molar-refractivity contribution >= 4 is 11.8 Å². The maximum Gasteiger partial charge on any atom is 0.272 e. The molecule has 2 heterocycles. The smallest absolute Gasteiger partial charge is 0.272 e. The Kier molecular flexibility index (Phi) is 6.37. The molecule has 0 fully saturated rings. The normalized spacial score (nSPS) is 14.8. The van der Waals surface area contributed by atoms with Gasteiger partial charge in [-0.2, -0.15) is 0 Å². The van der Waals surface area contributed by atoms with Crippen LogP contribution in [0.25, 0.3) is 0 Å². The lowest BCUT2D eigenvalue weighted by Gasteiger charge is -2.27. The van der Waals surface area contributed by atoms with Gasteiger partial charge in [0.1, 0.15) is 35.8 Å². The molecule has 0 spiro atoms. The van der Waals surface area contributed by atoms with Crippen LogP contribution in [0.5, 0.6) is 5.75 Å². The fraction of sp³-hybridized carbons (Fsp3) is 0.174. The highest BCUT2D eigenvalue weighted by Crippen LogP contribution is 2.23. The van der Waals surface area contributed by atoms with E-state index in [9.17, 15) is 32.7 Å².